The van der Waals surface area contributed by atoms with Crippen LogP contribution >= 0.6 is 0 Å². The summed E-state index contributed by atoms with van der Waals surface area (Å²) in [6.07, 6.45) is 0. The smallest absolute Gasteiger partial charge is 0.138 e. The molecule has 0 spiro atoms. The molecule has 110 valence electrons. The van der Waals surface area contributed by atoms with E-state index in [0.717, 1.165) is 22.3 Å². The molecule has 4 rings (SSSR count). The van der Waals surface area contributed by atoms with Crippen molar-refractivity contribution in [1.82, 2.24) is 0 Å². The third-order valence-electron chi connectivity index (χ3n) is 4.72. The van der Waals surface area contributed by atoms with Crippen LogP contribution in [0.15, 0.2) is 47.4 Å². The Labute approximate surface area is 129 Å². The van der Waals surface area contributed by atoms with E-state index in [9.17, 15) is 5.11 Å². The van der Waals surface area contributed by atoms with E-state index in [1.54, 1.807) is 12.1 Å². The summed E-state index contributed by atoms with van der Waals surface area (Å²) in [5, 5.41) is 10.7. The molecule has 0 unspecified atom stereocenters. The molecular weight excluding hydrogens is 272 g/mol. The lowest BCUT2D eigenvalue weighted by molar-refractivity contribution is 0.444. The number of phenolic OH excluding ortho intramolecular Hbond substituents is 1. The van der Waals surface area contributed by atoms with Crippen LogP contribution in [-0.2, 0) is 5.41 Å². The van der Waals surface area contributed by atoms with Crippen molar-refractivity contribution in [2.75, 3.05) is 0 Å². The molecule has 1 N–H and O–H groups in total. The normalized spacial score (nSPS) is 15.7. The predicted molar refractivity (Wildman–Crippen MR) is 89.3 cm³/mol. The van der Waals surface area contributed by atoms with E-state index in [1.807, 2.05) is 6.07 Å². The average Bonchev–Trinajstić information content (AvgIpc) is 2.84. The minimum atomic E-state index is -0.230. The average molecular weight is 290 g/mol. The maximum Gasteiger partial charge on any atom is 0.138 e. The number of furan rings is 1. The molecule has 0 radical (unpaired) electrons. The van der Waals surface area contributed by atoms with Crippen LogP contribution < -0.4 is 0 Å². The Morgan fingerprint density at radius 2 is 1.86 bits per heavy atom. The number of benzene rings is 2. The molecule has 1 heterocycles. The van der Waals surface area contributed by atoms with Gasteiger partial charge in [-0.05, 0) is 49.6 Å². The number of hydrogen-bond donors (Lipinski definition) is 1. The van der Waals surface area contributed by atoms with Crippen molar-refractivity contribution in [3.8, 4) is 5.75 Å². The molecule has 2 heteroatoms. The molecule has 1 aromatic heterocycles. The number of aryl methyl sites for hydroxylation is 1. The van der Waals surface area contributed by atoms with Gasteiger partial charge < -0.3 is 9.52 Å². The van der Waals surface area contributed by atoms with Crippen LogP contribution in [0.2, 0.25) is 0 Å². The fraction of sp³-hybridized carbons (Fsp3) is 0.200. The van der Waals surface area contributed by atoms with Gasteiger partial charge in [0.05, 0.1) is 0 Å². The third kappa shape index (κ3) is 1.55. The summed E-state index contributed by atoms with van der Waals surface area (Å²) >= 11 is 0. The first kappa shape index (κ1) is 13.2. The molecule has 0 aliphatic heterocycles. The van der Waals surface area contributed by atoms with Gasteiger partial charge >= 0.3 is 0 Å². The van der Waals surface area contributed by atoms with Gasteiger partial charge in [-0.15, -0.1) is 0 Å². The predicted octanol–water partition coefficient (Wildman–Crippen LogP) is 5.15. The summed E-state index contributed by atoms with van der Waals surface area (Å²) in [5.41, 5.74) is 6.20. The topological polar surface area (TPSA) is 33.4 Å². The van der Waals surface area contributed by atoms with Crippen molar-refractivity contribution < 1.29 is 9.52 Å². The largest absolute Gasteiger partial charge is 0.508 e. The van der Waals surface area contributed by atoms with Crippen LogP contribution in [-0.4, -0.2) is 5.11 Å². The molecule has 1 aliphatic carbocycles. The zero-order valence-electron chi connectivity index (χ0n) is 13.0. The SMILES string of the molecule is C=C1c2ccc(C)cc2C(C)(C)c2oc3cc(O)ccc3c21. The molecule has 22 heavy (non-hydrogen) atoms. The van der Waals surface area contributed by atoms with Crippen LogP contribution in [0.3, 0.4) is 0 Å². The highest BCUT2D eigenvalue weighted by atomic mass is 16.3. The van der Waals surface area contributed by atoms with Crippen LogP contribution in [0.5, 0.6) is 5.75 Å². The standard InChI is InChI=1S/C20H18O2/c1-11-5-7-14-12(2)18-15-8-6-13(21)10-17(15)22-19(18)20(3,4)16(14)9-11/h5-10,21H,2H2,1,3-4H3. The molecule has 0 amide bonds. The molecule has 2 aromatic carbocycles. The van der Waals surface area contributed by atoms with Gasteiger partial charge in [0.1, 0.15) is 17.1 Å². The Balaban J connectivity index is 2.12. The second-order valence-electron chi connectivity index (χ2n) is 6.64. The van der Waals surface area contributed by atoms with Gasteiger partial charge in [0.2, 0.25) is 0 Å². The maximum atomic E-state index is 9.71. The van der Waals surface area contributed by atoms with Crippen molar-refractivity contribution in [3.63, 3.8) is 0 Å². The van der Waals surface area contributed by atoms with Crippen LogP contribution in [0, 0.1) is 6.92 Å². The first-order valence-electron chi connectivity index (χ1n) is 7.46. The molecule has 0 bridgehead atoms. The van der Waals surface area contributed by atoms with E-state index in [0.29, 0.717) is 5.58 Å². The molecule has 0 saturated heterocycles. The van der Waals surface area contributed by atoms with E-state index < -0.39 is 0 Å². The molecule has 3 aromatic rings. The molecular formula is C20H18O2. The summed E-state index contributed by atoms with van der Waals surface area (Å²) in [4.78, 5) is 0. The molecule has 0 fully saturated rings. The first-order chi connectivity index (χ1) is 10.4. The second kappa shape index (κ2) is 4.04. The van der Waals surface area contributed by atoms with Gasteiger partial charge in [-0.2, -0.15) is 0 Å². The third-order valence-corrected chi connectivity index (χ3v) is 4.72. The lowest BCUT2D eigenvalue weighted by Gasteiger charge is -2.32. The van der Waals surface area contributed by atoms with Crippen LogP contribution in [0.1, 0.15) is 41.9 Å². The first-order valence-corrected chi connectivity index (χ1v) is 7.46. The van der Waals surface area contributed by atoms with Gasteiger partial charge in [0.25, 0.3) is 0 Å². The van der Waals surface area contributed by atoms with Gasteiger partial charge in [0.15, 0.2) is 0 Å². The number of aromatic hydroxyl groups is 1. The lowest BCUT2D eigenvalue weighted by atomic mass is 9.70. The fourth-order valence-electron chi connectivity index (χ4n) is 3.52. The highest BCUT2D eigenvalue weighted by molar-refractivity contribution is 5.99. The van der Waals surface area contributed by atoms with Crippen molar-refractivity contribution >= 4 is 16.5 Å². The van der Waals surface area contributed by atoms with Crippen molar-refractivity contribution in [2.24, 2.45) is 0 Å². The number of rotatable bonds is 0. The van der Waals surface area contributed by atoms with Crippen LogP contribution in [0.4, 0.5) is 0 Å². The Bertz CT molecular complexity index is 942. The molecule has 2 nitrogen and oxygen atoms in total. The van der Waals surface area contributed by atoms with Gasteiger partial charge in [0, 0.05) is 22.4 Å². The number of hydrogen-bond acceptors (Lipinski definition) is 2. The number of phenols is 1. The fourth-order valence-corrected chi connectivity index (χ4v) is 3.52. The summed E-state index contributed by atoms with van der Waals surface area (Å²) < 4.78 is 6.13. The van der Waals surface area contributed by atoms with E-state index in [2.05, 4.69) is 45.5 Å². The molecule has 0 atom stereocenters. The number of fused-ring (bicyclic) bond motifs is 4. The molecule has 1 aliphatic rings. The van der Waals surface area contributed by atoms with Crippen molar-refractivity contribution in [2.45, 2.75) is 26.2 Å². The highest BCUT2D eigenvalue weighted by Gasteiger charge is 2.38. The summed E-state index contributed by atoms with van der Waals surface area (Å²) in [5.74, 6) is 1.14. The maximum absolute atomic E-state index is 9.71. The van der Waals surface area contributed by atoms with Gasteiger partial charge in [-0.1, -0.05) is 30.3 Å². The van der Waals surface area contributed by atoms with Gasteiger partial charge in [-0.25, -0.2) is 0 Å². The summed E-state index contributed by atoms with van der Waals surface area (Å²) in [6, 6.07) is 11.8. The Kier molecular flexibility index (Phi) is 2.42. The van der Waals surface area contributed by atoms with Crippen molar-refractivity contribution in [3.05, 3.63) is 71.0 Å². The zero-order chi connectivity index (χ0) is 15.6. The van der Waals surface area contributed by atoms with Crippen LogP contribution in [0.25, 0.3) is 16.5 Å². The van der Waals surface area contributed by atoms with E-state index >= 15 is 0 Å². The Hall–Kier alpha value is -2.48. The lowest BCUT2D eigenvalue weighted by Crippen LogP contribution is -2.25. The highest BCUT2D eigenvalue weighted by Crippen LogP contribution is 2.49. The minimum Gasteiger partial charge on any atom is -0.508 e. The Morgan fingerprint density at radius 3 is 2.64 bits per heavy atom. The monoisotopic (exact) mass is 290 g/mol. The summed E-state index contributed by atoms with van der Waals surface area (Å²) in [7, 11) is 0. The molecule has 0 saturated carbocycles. The van der Waals surface area contributed by atoms with E-state index in [-0.39, 0.29) is 11.2 Å². The summed E-state index contributed by atoms with van der Waals surface area (Å²) in [6.45, 7) is 10.8. The minimum absolute atomic E-state index is 0.218. The van der Waals surface area contributed by atoms with Crippen molar-refractivity contribution in [1.29, 1.82) is 0 Å². The van der Waals surface area contributed by atoms with Gasteiger partial charge in [-0.3, -0.25) is 0 Å². The quantitative estimate of drug-likeness (QED) is 0.621. The zero-order valence-corrected chi connectivity index (χ0v) is 13.0. The van der Waals surface area contributed by atoms with E-state index in [1.165, 1.54) is 16.7 Å². The Morgan fingerprint density at radius 1 is 1.09 bits per heavy atom. The second-order valence-corrected chi connectivity index (χ2v) is 6.64. The van der Waals surface area contributed by atoms with E-state index in [4.69, 9.17) is 4.42 Å².